The summed E-state index contributed by atoms with van der Waals surface area (Å²) in [6, 6.07) is 3.04. The fourth-order valence-corrected chi connectivity index (χ4v) is 1.50. The van der Waals surface area contributed by atoms with Crippen molar-refractivity contribution in [3.63, 3.8) is 0 Å². The maximum absolute atomic E-state index is 11.3. The summed E-state index contributed by atoms with van der Waals surface area (Å²) in [6.45, 7) is 2.28. The van der Waals surface area contributed by atoms with E-state index in [1.807, 2.05) is 0 Å². The number of nitrogens with zero attached hydrogens (tertiary/aromatic N) is 1. The van der Waals surface area contributed by atoms with E-state index < -0.39 is 0 Å². The van der Waals surface area contributed by atoms with E-state index in [2.05, 4.69) is 4.99 Å². The van der Waals surface area contributed by atoms with Crippen molar-refractivity contribution in [2.75, 3.05) is 13.2 Å². The fraction of sp³-hybridized carbons (Fsp3) is 0.273. The molecule has 0 aliphatic carbocycles. The van der Waals surface area contributed by atoms with E-state index in [9.17, 15) is 9.59 Å². The number of isocyanates is 1. The zero-order valence-electron chi connectivity index (χ0n) is 8.65. The van der Waals surface area contributed by atoms with Crippen LogP contribution in [0.5, 0.6) is 11.5 Å². The molecule has 0 spiro atoms. The summed E-state index contributed by atoms with van der Waals surface area (Å²) in [5, 5.41) is 0. The van der Waals surface area contributed by atoms with Crippen LogP contribution in [0.2, 0.25) is 0 Å². The lowest BCUT2D eigenvalue weighted by atomic mass is 10.1. The Morgan fingerprint density at radius 3 is 2.50 bits per heavy atom. The molecule has 1 aromatic rings. The number of ketones is 1. The highest BCUT2D eigenvalue weighted by Gasteiger charge is 2.17. The van der Waals surface area contributed by atoms with Crippen LogP contribution in [-0.4, -0.2) is 25.1 Å². The van der Waals surface area contributed by atoms with Crippen molar-refractivity contribution in [3.8, 4) is 11.5 Å². The van der Waals surface area contributed by atoms with Crippen LogP contribution in [0.25, 0.3) is 0 Å². The van der Waals surface area contributed by atoms with Crippen molar-refractivity contribution in [3.05, 3.63) is 17.7 Å². The van der Waals surface area contributed by atoms with Gasteiger partial charge in [0.1, 0.15) is 13.2 Å². The van der Waals surface area contributed by atoms with E-state index in [0.29, 0.717) is 30.3 Å². The van der Waals surface area contributed by atoms with Crippen LogP contribution < -0.4 is 9.47 Å². The average Bonchev–Trinajstić information content (AvgIpc) is 2.28. The van der Waals surface area contributed by atoms with Gasteiger partial charge >= 0.3 is 0 Å². The summed E-state index contributed by atoms with van der Waals surface area (Å²) in [5.41, 5.74) is 0.583. The Kier molecular flexibility index (Phi) is 2.70. The van der Waals surface area contributed by atoms with Gasteiger partial charge in [0.2, 0.25) is 6.08 Å². The predicted octanol–water partition coefficient (Wildman–Crippen LogP) is 1.63. The molecule has 0 amide bonds. The van der Waals surface area contributed by atoms with E-state index in [4.69, 9.17) is 9.47 Å². The van der Waals surface area contributed by atoms with E-state index in [-0.39, 0.29) is 11.5 Å². The van der Waals surface area contributed by atoms with Crippen molar-refractivity contribution in [2.45, 2.75) is 6.92 Å². The Labute approximate surface area is 91.7 Å². The molecule has 0 unspecified atom stereocenters. The molecule has 0 N–H and O–H groups in total. The van der Waals surface area contributed by atoms with Crippen LogP contribution in [0.4, 0.5) is 5.69 Å². The zero-order valence-corrected chi connectivity index (χ0v) is 8.65. The lowest BCUT2D eigenvalue weighted by molar-refractivity contribution is 0.101. The molecule has 0 saturated heterocycles. The lowest BCUT2D eigenvalue weighted by Gasteiger charge is -2.19. The second-order valence-corrected chi connectivity index (χ2v) is 3.27. The number of rotatable bonds is 2. The molecule has 0 bridgehead atoms. The van der Waals surface area contributed by atoms with Gasteiger partial charge in [-0.1, -0.05) is 0 Å². The van der Waals surface area contributed by atoms with Crippen LogP contribution in [0.3, 0.4) is 0 Å². The monoisotopic (exact) mass is 219 g/mol. The fourth-order valence-electron chi connectivity index (χ4n) is 1.50. The number of carbonyl (C=O) groups is 1. The molecule has 0 radical (unpaired) electrons. The molecule has 0 fully saturated rings. The summed E-state index contributed by atoms with van der Waals surface area (Å²) in [6.07, 6.45) is 1.41. The smallest absolute Gasteiger partial charge is 0.240 e. The number of carbonyl (C=O) groups excluding carboxylic acids is 2. The molecule has 5 nitrogen and oxygen atoms in total. The first-order valence-electron chi connectivity index (χ1n) is 4.75. The van der Waals surface area contributed by atoms with E-state index in [1.165, 1.54) is 25.1 Å². The molecular weight excluding hydrogens is 210 g/mol. The van der Waals surface area contributed by atoms with Crippen molar-refractivity contribution < 1.29 is 19.1 Å². The van der Waals surface area contributed by atoms with Gasteiger partial charge in [-0.15, -0.1) is 0 Å². The number of benzene rings is 1. The van der Waals surface area contributed by atoms with Crippen molar-refractivity contribution in [1.29, 1.82) is 0 Å². The predicted molar refractivity (Wildman–Crippen MR) is 55.2 cm³/mol. The molecule has 82 valence electrons. The first kappa shape index (κ1) is 10.4. The number of aliphatic imine (C=N–C) groups is 1. The minimum atomic E-state index is -0.189. The number of ether oxygens (including phenoxy) is 2. The highest BCUT2D eigenvalue weighted by molar-refractivity contribution is 6.00. The Morgan fingerprint density at radius 1 is 1.31 bits per heavy atom. The van der Waals surface area contributed by atoms with E-state index >= 15 is 0 Å². The maximum atomic E-state index is 11.3. The standard InChI is InChI=1S/C11H9NO4/c1-7(14)8-4-10-11(16-3-2-15-10)5-9(8)12-6-13/h4-5H,2-3H2,1H3. The summed E-state index contributed by atoms with van der Waals surface area (Å²) in [5.74, 6) is 0.803. The quantitative estimate of drug-likeness (QED) is 0.430. The second kappa shape index (κ2) is 4.16. The minimum Gasteiger partial charge on any atom is -0.486 e. The molecule has 1 aliphatic heterocycles. The van der Waals surface area contributed by atoms with Gasteiger partial charge in [-0.05, 0) is 13.0 Å². The van der Waals surface area contributed by atoms with E-state index in [0.717, 1.165) is 0 Å². The van der Waals surface area contributed by atoms with Crippen LogP contribution in [0.15, 0.2) is 17.1 Å². The number of fused-ring (bicyclic) bond motifs is 1. The van der Waals surface area contributed by atoms with Crippen molar-refractivity contribution in [2.24, 2.45) is 4.99 Å². The van der Waals surface area contributed by atoms with Gasteiger partial charge in [-0.25, -0.2) is 4.79 Å². The molecule has 1 aliphatic rings. The molecule has 1 heterocycles. The lowest BCUT2D eigenvalue weighted by Crippen LogP contribution is -2.15. The largest absolute Gasteiger partial charge is 0.486 e. The first-order valence-corrected chi connectivity index (χ1v) is 4.75. The third kappa shape index (κ3) is 1.81. The average molecular weight is 219 g/mol. The third-order valence-corrected chi connectivity index (χ3v) is 2.21. The van der Waals surface area contributed by atoms with Crippen LogP contribution in [0, 0.1) is 0 Å². The first-order chi connectivity index (χ1) is 7.72. The zero-order chi connectivity index (χ0) is 11.5. The van der Waals surface area contributed by atoms with Crippen molar-refractivity contribution >= 4 is 17.6 Å². The Balaban J connectivity index is 2.58. The Morgan fingerprint density at radius 2 is 1.94 bits per heavy atom. The topological polar surface area (TPSA) is 65.0 Å². The molecular formula is C11H9NO4. The van der Waals surface area contributed by atoms with Crippen LogP contribution in [0.1, 0.15) is 17.3 Å². The summed E-state index contributed by atoms with van der Waals surface area (Å²) in [7, 11) is 0. The van der Waals surface area contributed by atoms with Crippen molar-refractivity contribution in [1.82, 2.24) is 0 Å². The molecule has 5 heteroatoms. The molecule has 2 rings (SSSR count). The van der Waals surface area contributed by atoms with Gasteiger partial charge in [0.05, 0.1) is 5.69 Å². The third-order valence-electron chi connectivity index (χ3n) is 2.21. The number of hydrogen-bond donors (Lipinski definition) is 0. The molecule has 0 aromatic heterocycles. The normalized spacial score (nSPS) is 12.8. The van der Waals surface area contributed by atoms with E-state index in [1.54, 1.807) is 0 Å². The van der Waals surface area contributed by atoms with Gasteiger partial charge in [0.15, 0.2) is 17.3 Å². The minimum absolute atomic E-state index is 0.189. The van der Waals surface area contributed by atoms with Gasteiger partial charge in [-0.2, -0.15) is 4.99 Å². The van der Waals surface area contributed by atoms with Gasteiger partial charge in [0, 0.05) is 11.6 Å². The molecule has 0 saturated carbocycles. The maximum Gasteiger partial charge on any atom is 0.240 e. The highest BCUT2D eigenvalue weighted by atomic mass is 16.6. The second-order valence-electron chi connectivity index (χ2n) is 3.27. The van der Waals surface area contributed by atoms with Gasteiger partial charge in [0.25, 0.3) is 0 Å². The van der Waals surface area contributed by atoms with Gasteiger partial charge < -0.3 is 9.47 Å². The molecule has 16 heavy (non-hydrogen) atoms. The highest BCUT2D eigenvalue weighted by Crippen LogP contribution is 2.36. The van der Waals surface area contributed by atoms with Gasteiger partial charge in [-0.3, -0.25) is 4.79 Å². The number of Topliss-reactive ketones (excluding diaryl/α,β-unsaturated/α-hetero) is 1. The summed E-state index contributed by atoms with van der Waals surface area (Å²) in [4.78, 5) is 25.1. The van der Waals surface area contributed by atoms with Crippen LogP contribution >= 0.6 is 0 Å². The summed E-state index contributed by atoms with van der Waals surface area (Å²) < 4.78 is 10.6. The number of hydrogen-bond acceptors (Lipinski definition) is 5. The Hall–Kier alpha value is -2.13. The summed E-state index contributed by atoms with van der Waals surface area (Å²) >= 11 is 0. The SMILES string of the molecule is CC(=O)c1cc2c(cc1N=C=O)OCCO2. The molecule has 1 aromatic carbocycles. The Bertz CT molecular complexity index is 458. The molecule has 0 atom stereocenters. The van der Waals surface area contributed by atoms with Crippen LogP contribution in [-0.2, 0) is 4.79 Å².